The van der Waals surface area contributed by atoms with Crippen LogP contribution in [0, 0.1) is 0 Å². The Morgan fingerprint density at radius 2 is 1.50 bits per heavy atom. The van der Waals surface area contributed by atoms with Crippen molar-refractivity contribution in [2.45, 2.75) is 51.4 Å². The van der Waals surface area contributed by atoms with Crippen LogP contribution in [0.4, 0.5) is 5.69 Å². The van der Waals surface area contributed by atoms with Gasteiger partial charge in [-0.15, -0.1) is 0 Å². The quantitative estimate of drug-likeness (QED) is 0.841. The van der Waals surface area contributed by atoms with E-state index in [2.05, 4.69) is 4.90 Å². The van der Waals surface area contributed by atoms with E-state index >= 15 is 0 Å². The maximum Gasteiger partial charge on any atom is 0.232 e. The van der Waals surface area contributed by atoms with Crippen molar-refractivity contribution in [1.29, 1.82) is 0 Å². The molecule has 3 heteroatoms. The molecule has 20 heavy (non-hydrogen) atoms. The molecule has 0 aliphatic carbocycles. The summed E-state index contributed by atoms with van der Waals surface area (Å²) in [5.74, 6) is 0.240. The second-order valence-electron chi connectivity index (χ2n) is 6.31. The third-order valence-electron chi connectivity index (χ3n) is 4.31. The second-order valence-corrected chi connectivity index (χ2v) is 6.31. The van der Waals surface area contributed by atoms with Crippen molar-refractivity contribution in [2.75, 3.05) is 18.8 Å². The molecule has 2 rings (SSSR count). The smallest absolute Gasteiger partial charge is 0.232 e. The van der Waals surface area contributed by atoms with E-state index in [1.165, 1.54) is 19.3 Å². The molecule has 1 amide bonds. The Morgan fingerprint density at radius 3 is 2.05 bits per heavy atom. The van der Waals surface area contributed by atoms with Crippen molar-refractivity contribution in [1.82, 2.24) is 4.90 Å². The van der Waals surface area contributed by atoms with E-state index in [0.29, 0.717) is 0 Å². The molecule has 3 nitrogen and oxygen atoms in total. The Kier molecular flexibility index (Phi) is 4.69. The van der Waals surface area contributed by atoms with Crippen molar-refractivity contribution in [2.24, 2.45) is 0 Å². The van der Waals surface area contributed by atoms with Gasteiger partial charge in [0.05, 0.1) is 5.41 Å². The molecule has 1 aromatic carbocycles. The predicted octanol–water partition coefficient (Wildman–Crippen LogP) is 3.34. The fourth-order valence-electron chi connectivity index (χ4n) is 2.87. The number of carbonyl (C=O) groups excluding carboxylic acids is 1. The van der Waals surface area contributed by atoms with Crippen LogP contribution in [0.5, 0.6) is 0 Å². The average molecular weight is 274 g/mol. The van der Waals surface area contributed by atoms with Crippen LogP contribution in [-0.4, -0.2) is 23.9 Å². The van der Waals surface area contributed by atoms with Crippen LogP contribution >= 0.6 is 0 Å². The Labute approximate surface area is 122 Å². The summed E-state index contributed by atoms with van der Waals surface area (Å²) >= 11 is 0. The maximum absolute atomic E-state index is 12.9. The van der Waals surface area contributed by atoms with Gasteiger partial charge in [-0.2, -0.15) is 0 Å². The highest BCUT2D eigenvalue weighted by molar-refractivity contribution is 5.87. The molecule has 1 heterocycles. The first-order valence-corrected chi connectivity index (χ1v) is 7.67. The van der Waals surface area contributed by atoms with Crippen LogP contribution in [0.3, 0.4) is 0 Å². The van der Waals surface area contributed by atoms with Crippen molar-refractivity contribution in [3.05, 3.63) is 29.8 Å². The first-order chi connectivity index (χ1) is 9.51. The van der Waals surface area contributed by atoms with Gasteiger partial charge >= 0.3 is 0 Å². The number of rotatable bonds is 2. The molecule has 0 bridgehead atoms. The van der Waals surface area contributed by atoms with Gasteiger partial charge in [0, 0.05) is 18.8 Å². The summed E-state index contributed by atoms with van der Waals surface area (Å²) in [7, 11) is 0. The fraction of sp³-hybridized carbons (Fsp3) is 0.588. The Morgan fingerprint density at radius 1 is 1.00 bits per heavy atom. The van der Waals surface area contributed by atoms with Gasteiger partial charge in [-0.3, -0.25) is 4.79 Å². The van der Waals surface area contributed by atoms with Gasteiger partial charge in [0.1, 0.15) is 0 Å². The predicted molar refractivity (Wildman–Crippen MR) is 83.5 cm³/mol. The van der Waals surface area contributed by atoms with E-state index in [-0.39, 0.29) is 5.91 Å². The number of likely N-dealkylation sites (tertiary alicyclic amines) is 1. The monoisotopic (exact) mass is 274 g/mol. The van der Waals surface area contributed by atoms with Crippen LogP contribution in [-0.2, 0) is 10.2 Å². The van der Waals surface area contributed by atoms with Gasteiger partial charge in [0.25, 0.3) is 0 Å². The van der Waals surface area contributed by atoms with E-state index in [1.54, 1.807) is 0 Å². The molecule has 0 saturated carbocycles. The van der Waals surface area contributed by atoms with Gasteiger partial charge in [0.2, 0.25) is 5.91 Å². The molecule has 1 aliphatic heterocycles. The summed E-state index contributed by atoms with van der Waals surface area (Å²) in [4.78, 5) is 14.9. The topological polar surface area (TPSA) is 46.3 Å². The number of hydrogen-bond donors (Lipinski definition) is 1. The van der Waals surface area contributed by atoms with Crippen molar-refractivity contribution >= 4 is 11.6 Å². The van der Waals surface area contributed by atoms with E-state index in [1.807, 2.05) is 38.1 Å². The Hall–Kier alpha value is -1.51. The summed E-state index contributed by atoms with van der Waals surface area (Å²) in [5.41, 5.74) is 7.03. The molecular weight excluding hydrogens is 248 g/mol. The first kappa shape index (κ1) is 14.9. The zero-order valence-corrected chi connectivity index (χ0v) is 12.7. The molecule has 0 atom stereocenters. The van der Waals surface area contributed by atoms with Gasteiger partial charge < -0.3 is 10.6 Å². The largest absolute Gasteiger partial charge is 0.399 e. The molecular formula is C17H26N2O. The highest BCUT2D eigenvalue weighted by atomic mass is 16.2. The summed E-state index contributed by atoms with van der Waals surface area (Å²) in [6.45, 7) is 5.83. The van der Waals surface area contributed by atoms with Crippen LogP contribution < -0.4 is 5.73 Å². The Balaban J connectivity index is 2.14. The Bertz CT molecular complexity index is 443. The van der Waals surface area contributed by atoms with Crippen LogP contribution in [0.1, 0.15) is 51.5 Å². The number of nitrogen functional groups attached to an aromatic ring is 1. The highest BCUT2D eigenvalue weighted by Crippen LogP contribution is 2.27. The third kappa shape index (κ3) is 3.33. The lowest BCUT2D eigenvalue weighted by Crippen LogP contribution is -2.44. The lowest BCUT2D eigenvalue weighted by Gasteiger charge is -2.33. The van der Waals surface area contributed by atoms with Crippen molar-refractivity contribution in [3.63, 3.8) is 0 Å². The number of nitrogens with two attached hydrogens (primary N) is 1. The van der Waals surface area contributed by atoms with Crippen molar-refractivity contribution < 1.29 is 4.79 Å². The summed E-state index contributed by atoms with van der Waals surface area (Å²) < 4.78 is 0. The molecule has 1 fully saturated rings. The van der Waals surface area contributed by atoms with E-state index in [4.69, 9.17) is 5.73 Å². The lowest BCUT2D eigenvalue weighted by molar-refractivity contribution is -0.136. The molecule has 2 N–H and O–H groups in total. The van der Waals surface area contributed by atoms with E-state index < -0.39 is 5.41 Å². The fourth-order valence-corrected chi connectivity index (χ4v) is 2.87. The normalized spacial score (nSPS) is 17.4. The number of hydrogen-bond acceptors (Lipinski definition) is 2. The van der Waals surface area contributed by atoms with Gasteiger partial charge in [0.15, 0.2) is 0 Å². The van der Waals surface area contributed by atoms with Crippen LogP contribution in [0.2, 0.25) is 0 Å². The number of carbonyl (C=O) groups is 1. The molecule has 0 unspecified atom stereocenters. The van der Waals surface area contributed by atoms with E-state index in [0.717, 1.165) is 37.2 Å². The minimum absolute atomic E-state index is 0.240. The number of amides is 1. The molecule has 110 valence electrons. The SMILES string of the molecule is CC(C)(C(=O)N1CCCCCCC1)c1ccc(N)cc1. The summed E-state index contributed by atoms with van der Waals surface area (Å²) in [6, 6.07) is 7.68. The maximum atomic E-state index is 12.9. The van der Waals surface area contributed by atoms with Gasteiger partial charge in [-0.25, -0.2) is 0 Å². The summed E-state index contributed by atoms with van der Waals surface area (Å²) in [6.07, 6.45) is 6.05. The third-order valence-corrected chi connectivity index (χ3v) is 4.31. The molecule has 0 aromatic heterocycles. The molecule has 0 spiro atoms. The zero-order valence-electron chi connectivity index (χ0n) is 12.7. The first-order valence-electron chi connectivity index (χ1n) is 7.67. The van der Waals surface area contributed by atoms with Crippen molar-refractivity contribution in [3.8, 4) is 0 Å². The van der Waals surface area contributed by atoms with Gasteiger partial charge in [-0.1, -0.05) is 31.4 Å². The molecule has 0 radical (unpaired) electrons. The zero-order chi connectivity index (χ0) is 14.6. The van der Waals surface area contributed by atoms with Crippen LogP contribution in [0.15, 0.2) is 24.3 Å². The lowest BCUT2D eigenvalue weighted by atomic mass is 9.82. The number of nitrogens with zero attached hydrogens (tertiary/aromatic N) is 1. The molecule has 1 saturated heterocycles. The second kappa shape index (κ2) is 6.29. The number of benzene rings is 1. The molecule has 1 aliphatic rings. The van der Waals surface area contributed by atoms with E-state index in [9.17, 15) is 4.79 Å². The minimum atomic E-state index is -0.479. The summed E-state index contributed by atoms with van der Waals surface area (Å²) in [5, 5.41) is 0. The minimum Gasteiger partial charge on any atom is -0.399 e. The molecule has 1 aromatic rings. The van der Waals surface area contributed by atoms with Gasteiger partial charge in [-0.05, 0) is 44.4 Å². The average Bonchev–Trinajstić information content (AvgIpc) is 2.38. The highest BCUT2D eigenvalue weighted by Gasteiger charge is 2.33. The van der Waals surface area contributed by atoms with Crippen LogP contribution in [0.25, 0.3) is 0 Å². The standard InChI is InChI=1S/C17H26N2O/c1-17(2,14-8-10-15(18)11-9-14)16(20)19-12-6-4-3-5-7-13-19/h8-11H,3-7,12-13,18H2,1-2H3. The number of anilines is 1.